The number of imide groups is 1. The predicted molar refractivity (Wildman–Crippen MR) is 160 cm³/mol. The lowest BCUT2D eigenvalue weighted by Gasteiger charge is -2.26. The summed E-state index contributed by atoms with van der Waals surface area (Å²) in [4.78, 5) is 62.3. The molecule has 2 fully saturated rings. The molecule has 224 valence electrons. The highest BCUT2D eigenvalue weighted by atomic mass is 16.5. The zero-order valence-electron chi connectivity index (χ0n) is 24.0. The topological polar surface area (TPSA) is 168 Å². The Hall–Kier alpha value is -5.11. The van der Waals surface area contributed by atoms with Crippen molar-refractivity contribution in [1.29, 1.82) is 5.26 Å². The highest BCUT2D eigenvalue weighted by molar-refractivity contribution is 5.98. The van der Waals surface area contributed by atoms with Gasteiger partial charge < -0.3 is 20.6 Å². The Labute approximate surface area is 254 Å². The van der Waals surface area contributed by atoms with Gasteiger partial charge in [0.15, 0.2) is 5.82 Å². The van der Waals surface area contributed by atoms with Gasteiger partial charge >= 0.3 is 6.03 Å². The number of fused-ring (bicyclic) bond motifs is 3. The van der Waals surface area contributed by atoms with E-state index in [0.29, 0.717) is 46.6 Å². The van der Waals surface area contributed by atoms with E-state index >= 15 is 0 Å². The standard InChI is InChI=1S/C33H32N6O5/c34-18-20-10-12-21(13-11-20)28-36-27-9-5-4-8-24(27)30(37-28)44-23-15-25-26(16-23)31(42)39(32(35)43)14-6-2-1-3-7-22-17-33(22,19-40)38-29(25)41/h3-5,7-13,19,22-23,25-26H,1-2,6,14-17H2,(H2,35,43)(H,38,41)/b7-3+. The number of nitrogens with one attached hydrogen (secondary N) is 1. The fraction of sp³-hybridized carbons (Fsp3) is 0.364. The number of rotatable bonds is 4. The van der Waals surface area contributed by atoms with Crippen molar-refractivity contribution in [2.24, 2.45) is 23.5 Å². The Morgan fingerprint density at radius 2 is 1.86 bits per heavy atom. The molecule has 5 unspecified atom stereocenters. The third kappa shape index (κ3) is 5.63. The van der Waals surface area contributed by atoms with E-state index < -0.39 is 41.3 Å². The number of primary amides is 1. The summed E-state index contributed by atoms with van der Waals surface area (Å²) in [5.74, 6) is -2.07. The second kappa shape index (κ2) is 11.9. The second-order valence-corrected chi connectivity index (χ2v) is 11.7. The van der Waals surface area contributed by atoms with Crippen molar-refractivity contribution >= 4 is 35.0 Å². The van der Waals surface area contributed by atoms with Gasteiger partial charge in [0.05, 0.1) is 34.4 Å². The van der Waals surface area contributed by atoms with Gasteiger partial charge in [0, 0.05) is 18.0 Å². The van der Waals surface area contributed by atoms with Crippen LogP contribution in [0.4, 0.5) is 4.79 Å². The molecular formula is C33H32N6O5. The van der Waals surface area contributed by atoms with Crippen LogP contribution in [0.15, 0.2) is 60.7 Å². The quantitative estimate of drug-likeness (QED) is 0.342. The van der Waals surface area contributed by atoms with E-state index in [1.165, 1.54) is 0 Å². The maximum Gasteiger partial charge on any atom is 0.321 e. The number of ether oxygens (including phenoxy) is 1. The summed E-state index contributed by atoms with van der Waals surface area (Å²) in [5.41, 5.74) is 6.48. The van der Waals surface area contributed by atoms with E-state index in [-0.39, 0.29) is 25.3 Å². The summed E-state index contributed by atoms with van der Waals surface area (Å²) in [6.07, 6.45) is 6.98. The zero-order valence-corrected chi connectivity index (χ0v) is 24.0. The molecule has 5 atom stereocenters. The molecule has 3 aromatic rings. The van der Waals surface area contributed by atoms with Crippen molar-refractivity contribution in [1.82, 2.24) is 20.2 Å². The van der Waals surface area contributed by atoms with E-state index in [1.807, 2.05) is 36.4 Å². The van der Waals surface area contributed by atoms with Crippen LogP contribution in [-0.2, 0) is 14.4 Å². The Balaban J connectivity index is 1.32. The van der Waals surface area contributed by atoms with E-state index in [9.17, 15) is 24.4 Å². The first-order valence-corrected chi connectivity index (χ1v) is 14.8. The number of benzene rings is 2. The number of para-hydroxylation sites is 1. The molecule has 4 amide bonds. The maximum atomic E-state index is 13.8. The normalized spacial score (nSPS) is 27.7. The molecule has 2 aliphatic carbocycles. The summed E-state index contributed by atoms with van der Waals surface area (Å²) in [5, 5.41) is 12.7. The number of aldehydes is 1. The summed E-state index contributed by atoms with van der Waals surface area (Å²) >= 11 is 0. The number of aromatic nitrogens is 2. The molecule has 0 spiro atoms. The van der Waals surface area contributed by atoms with E-state index in [1.54, 1.807) is 24.3 Å². The molecule has 44 heavy (non-hydrogen) atoms. The molecule has 11 nitrogen and oxygen atoms in total. The molecule has 11 heteroatoms. The predicted octanol–water partition coefficient (Wildman–Crippen LogP) is 3.66. The molecule has 0 radical (unpaired) electrons. The number of nitrogens with two attached hydrogens (primary N) is 1. The average Bonchev–Trinajstić information content (AvgIpc) is 3.54. The Bertz CT molecular complexity index is 1700. The SMILES string of the molecule is N#Cc1ccc(-c2nc(OC3CC4C(=O)NC5(C=O)CC5/C=C/CCCCN(C(N)=O)C(=O)C4C3)c3ccccc3n2)cc1. The van der Waals surface area contributed by atoms with E-state index in [0.717, 1.165) is 24.0 Å². The third-order valence-corrected chi connectivity index (χ3v) is 8.82. The number of urea groups is 1. The lowest BCUT2D eigenvalue weighted by Crippen LogP contribution is -2.49. The highest BCUT2D eigenvalue weighted by Gasteiger charge is 2.56. The van der Waals surface area contributed by atoms with Gasteiger partial charge in [-0.25, -0.2) is 9.78 Å². The van der Waals surface area contributed by atoms with Crippen molar-refractivity contribution in [2.75, 3.05) is 6.54 Å². The van der Waals surface area contributed by atoms with Crippen LogP contribution in [0.2, 0.25) is 0 Å². The van der Waals surface area contributed by atoms with Gasteiger partial charge in [0.1, 0.15) is 17.9 Å². The van der Waals surface area contributed by atoms with Gasteiger partial charge in [-0.2, -0.15) is 10.2 Å². The molecule has 3 aliphatic rings. The molecule has 0 bridgehead atoms. The van der Waals surface area contributed by atoms with Crippen LogP contribution in [0.5, 0.6) is 5.88 Å². The van der Waals surface area contributed by atoms with Gasteiger partial charge in [0.25, 0.3) is 0 Å². The molecule has 3 N–H and O–H groups in total. The molecule has 2 saturated carbocycles. The fourth-order valence-corrected chi connectivity index (χ4v) is 6.27. The smallest absolute Gasteiger partial charge is 0.321 e. The van der Waals surface area contributed by atoms with Crippen molar-refractivity contribution in [2.45, 2.75) is 50.2 Å². The Morgan fingerprint density at radius 1 is 1.09 bits per heavy atom. The number of carbonyl (C=O) groups is 4. The minimum absolute atomic E-state index is 0.0929. The number of hydrogen-bond donors (Lipinski definition) is 2. The molecule has 2 aromatic carbocycles. The Morgan fingerprint density at radius 3 is 2.61 bits per heavy atom. The first kappa shape index (κ1) is 29.0. The lowest BCUT2D eigenvalue weighted by atomic mass is 9.93. The van der Waals surface area contributed by atoms with Gasteiger partial charge in [-0.05, 0) is 74.9 Å². The summed E-state index contributed by atoms with van der Waals surface area (Å²) in [6, 6.07) is 15.5. The molecule has 2 heterocycles. The van der Waals surface area contributed by atoms with Crippen LogP contribution >= 0.6 is 0 Å². The first-order valence-electron chi connectivity index (χ1n) is 14.8. The molecule has 6 rings (SSSR count). The van der Waals surface area contributed by atoms with Gasteiger partial charge in [-0.1, -0.05) is 24.3 Å². The number of nitriles is 1. The number of nitrogens with zero attached hydrogens (tertiary/aromatic N) is 4. The number of carbonyl (C=O) groups excluding carboxylic acids is 4. The lowest BCUT2D eigenvalue weighted by molar-refractivity contribution is -0.139. The summed E-state index contributed by atoms with van der Waals surface area (Å²) in [6.45, 7) is 0.157. The number of hydrogen-bond acceptors (Lipinski definition) is 8. The highest BCUT2D eigenvalue weighted by Crippen LogP contribution is 2.45. The second-order valence-electron chi connectivity index (χ2n) is 11.7. The van der Waals surface area contributed by atoms with Gasteiger partial charge in [-0.3, -0.25) is 14.5 Å². The van der Waals surface area contributed by atoms with Crippen LogP contribution in [0.1, 0.15) is 44.1 Å². The van der Waals surface area contributed by atoms with Crippen LogP contribution < -0.4 is 15.8 Å². The largest absolute Gasteiger partial charge is 0.474 e. The summed E-state index contributed by atoms with van der Waals surface area (Å²) < 4.78 is 6.45. The first-order chi connectivity index (χ1) is 21.3. The third-order valence-electron chi connectivity index (χ3n) is 8.82. The fourth-order valence-electron chi connectivity index (χ4n) is 6.27. The van der Waals surface area contributed by atoms with Gasteiger partial charge in [-0.15, -0.1) is 0 Å². The molecule has 1 aromatic heterocycles. The van der Waals surface area contributed by atoms with E-state index in [2.05, 4.69) is 16.4 Å². The maximum absolute atomic E-state index is 13.8. The minimum Gasteiger partial charge on any atom is -0.474 e. The monoisotopic (exact) mass is 592 g/mol. The van der Waals surface area contributed by atoms with Crippen molar-refractivity contribution in [3.05, 3.63) is 66.2 Å². The minimum atomic E-state index is -0.994. The molecule has 0 saturated heterocycles. The van der Waals surface area contributed by atoms with Crippen LogP contribution in [0.25, 0.3) is 22.3 Å². The zero-order chi connectivity index (χ0) is 30.8. The van der Waals surface area contributed by atoms with Crippen molar-refractivity contribution in [3.8, 4) is 23.3 Å². The van der Waals surface area contributed by atoms with Crippen LogP contribution in [0.3, 0.4) is 0 Å². The van der Waals surface area contributed by atoms with Crippen LogP contribution in [0, 0.1) is 29.1 Å². The molecular weight excluding hydrogens is 560 g/mol. The number of allylic oxidation sites excluding steroid dienone is 1. The van der Waals surface area contributed by atoms with Gasteiger partial charge in [0.2, 0.25) is 17.7 Å². The van der Waals surface area contributed by atoms with Crippen molar-refractivity contribution in [3.63, 3.8) is 0 Å². The molecule has 1 aliphatic heterocycles. The number of amides is 4. The van der Waals surface area contributed by atoms with E-state index in [4.69, 9.17) is 15.5 Å². The van der Waals surface area contributed by atoms with Crippen LogP contribution in [-0.4, -0.2) is 57.2 Å². The average molecular weight is 593 g/mol. The summed E-state index contributed by atoms with van der Waals surface area (Å²) in [7, 11) is 0. The Kier molecular flexibility index (Phi) is 7.82. The van der Waals surface area contributed by atoms with Crippen molar-refractivity contribution < 1.29 is 23.9 Å².